The minimum atomic E-state index is -0.330. The Kier molecular flexibility index (Phi) is 5.35. The second kappa shape index (κ2) is 8.60. The number of rotatable bonds is 6. The van der Waals surface area contributed by atoms with E-state index in [1.54, 1.807) is 35.6 Å². The van der Waals surface area contributed by atoms with Crippen LogP contribution in [0.3, 0.4) is 0 Å². The molecule has 7 nitrogen and oxygen atoms in total. The lowest BCUT2D eigenvalue weighted by Crippen LogP contribution is -2.10. The Morgan fingerprint density at radius 3 is 2.66 bits per heavy atom. The largest absolute Gasteiger partial charge is 0.459 e. The van der Waals surface area contributed by atoms with Crippen LogP contribution in [0, 0.1) is 0 Å². The molecule has 0 saturated heterocycles. The van der Waals surface area contributed by atoms with Gasteiger partial charge in [0, 0.05) is 27.8 Å². The Morgan fingerprint density at radius 2 is 1.84 bits per heavy atom. The lowest BCUT2D eigenvalue weighted by molar-refractivity contribution is 0.0996. The predicted molar refractivity (Wildman–Crippen MR) is 122 cm³/mol. The maximum Gasteiger partial charge on any atom is 0.291 e. The van der Waals surface area contributed by atoms with Gasteiger partial charge in [0.05, 0.1) is 17.0 Å². The van der Waals surface area contributed by atoms with Gasteiger partial charge in [-0.25, -0.2) is 4.98 Å². The topological polar surface area (TPSA) is 94.1 Å². The summed E-state index contributed by atoms with van der Waals surface area (Å²) in [6.07, 6.45) is 2.37. The van der Waals surface area contributed by atoms with Crippen molar-refractivity contribution in [2.45, 2.75) is 13.3 Å². The van der Waals surface area contributed by atoms with Crippen LogP contribution in [-0.2, 0) is 6.42 Å². The first-order chi connectivity index (χ1) is 15.7. The molecule has 0 aliphatic rings. The number of aromatic nitrogens is 3. The second-order valence-electron chi connectivity index (χ2n) is 7.00. The summed E-state index contributed by atoms with van der Waals surface area (Å²) in [4.78, 5) is 21.4. The molecule has 3 aromatic heterocycles. The van der Waals surface area contributed by atoms with E-state index in [2.05, 4.69) is 32.7 Å². The van der Waals surface area contributed by atoms with Crippen LogP contribution >= 0.6 is 11.3 Å². The van der Waals surface area contributed by atoms with E-state index in [0.29, 0.717) is 23.0 Å². The van der Waals surface area contributed by atoms with E-state index in [1.165, 1.54) is 6.26 Å². The Hall–Kier alpha value is -4.04. The van der Waals surface area contributed by atoms with Gasteiger partial charge in [0.1, 0.15) is 0 Å². The molecular weight excluding hydrogens is 424 g/mol. The van der Waals surface area contributed by atoms with E-state index in [-0.39, 0.29) is 11.7 Å². The number of nitrogens with one attached hydrogen (secondary N) is 1. The monoisotopic (exact) mass is 442 g/mol. The zero-order valence-corrected chi connectivity index (χ0v) is 17.9. The van der Waals surface area contributed by atoms with Crippen molar-refractivity contribution in [2.75, 3.05) is 5.32 Å². The fourth-order valence-electron chi connectivity index (χ4n) is 3.21. The summed E-state index contributed by atoms with van der Waals surface area (Å²) in [6, 6.07) is 18.4. The summed E-state index contributed by atoms with van der Waals surface area (Å²) < 4.78 is 10.6. The van der Waals surface area contributed by atoms with Crippen molar-refractivity contribution in [3.63, 3.8) is 0 Å². The van der Waals surface area contributed by atoms with Crippen LogP contribution in [0.5, 0.6) is 0 Å². The standard InChI is InChI=1S/C24H18N4O3S/c1-2-21-26-19(14-32-21)15-6-3-7-16(12-15)22-27-24(31-28-22)17-8-4-9-18(13-17)25-23(29)20-10-5-11-30-20/h3-14H,2H2,1H3,(H,25,29). The molecule has 5 aromatic rings. The third-order valence-corrected chi connectivity index (χ3v) is 5.80. The molecule has 0 spiro atoms. The number of thiazole rings is 1. The smallest absolute Gasteiger partial charge is 0.291 e. The molecule has 0 fully saturated rings. The molecule has 0 bridgehead atoms. The lowest BCUT2D eigenvalue weighted by atomic mass is 10.1. The number of hydrogen-bond acceptors (Lipinski definition) is 7. The van der Waals surface area contributed by atoms with Crippen LogP contribution < -0.4 is 5.32 Å². The Bertz CT molecular complexity index is 1370. The van der Waals surface area contributed by atoms with E-state index >= 15 is 0 Å². The average Bonchev–Trinajstić information content (AvgIpc) is 3.61. The SMILES string of the molecule is CCc1nc(-c2cccc(-c3noc(-c4cccc(NC(=O)c5ccco5)c4)n3)c2)cs1. The summed E-state index contributed by atoms with van der Waals surface area (Å²) in [6.45, 7) is 2.09. The zero-order valence-electron chi connectivity index (χ0n) is 17.1. The Balaban J connectivity index is 1.38. The summed E-state index contributed by atoms with van der Waals surface area (Å²) >= 11 is 1.66. The van der Waals surface area contributed by atoms with Gasteiger partial charge in [-0.2, -0.15) is 4.98 Å². The fourth-order valence-corrected chi connectivity index (χ4v) is 3.97. The molecular formula is C24H18N4O3S. The normalized spacial score (nSPS) is 10.9. The molecule has 0 saturated carbocycles. The number of anilines is 1. The molecule has 1 amide bonds. The molecule has 1 N–H and O–H groups in total. The van der Waals surface area contributed by atoms with Crippen LogP contribution in [-0.4, -0.2) is 21.0 Å². The van der Waals surface area contributed by atoms with Crippen LogP contribution in [0.4, 0.5) is 5.69 Å². The summed E-state index contributed by atoms with van der Waals surface area (Å²) in [7, 11) is 0. The first kappa shape index (κ1) is 19.9. The van der Waals surface area contributed by atoms with Crippen molar-refractivity contribution in [3.05, 3.63) is 83.1 Å². The number of amides is 1. The quantitative estimate of drug-likeness (QED) is 0.350. The average molecular weight is 443 g/mol. The number of nitrogens with zero attached hydrogens (tertiary/aromatic N) is 3. The maximum absolute atomic E-state index is 12.2. The van der Waals surface area contributed by atoms with E-state index in [1.807, 2.05) is 36.4 Å². The molecule has 3 heterocycles. The van der Waals surface area contributed by atoms with E-state index < -0.39 is 0 Å². The van der Waals surface area contributed by atoms with E-state index in [4.69, 9.17) is 8.94 Å². The molecule has 5 rings (SSSR count). The molecule has 32 heavy (non-hydrogen) atoms. The summed E-state index contributed by atoms with van der Waals surface area (Å²) in [5.41, 5.74) is 4.08. The number of hydrogen-bond donors (Lipinski definition) is 1. The number of carbonyl (C=O) groups excluding carboxylic acids is 1. The minimum Gasteiger partial charge on any atom is -0.459 e. The third-order valence-electron chi connectivity index (χ3n) is 4.81. The highest BCUT2D eigenvalue weighted by Crippen LogP contribution is 2.28. The van der Waals surface area contributed by atoms with Gasteiger partial charge in [-0.3, -0.25) is 4.79 Å². The molecule has 0 aliphatic carbocycles. The number of carbonyl (C=O) groups is 1. The molecule has 0 radical (unpaired) electrons. The zero-order chi connectivity index (χ0) is 21.9. The van der Waals surface area contributed by atoms with Crippen LogP contribution in [0.2, 0.25) is 0 Å². The molecule has 8 heteroatoms. The minimum absolute atomic E-state index is 0.238. The number of furan rings is 1. The van der Waals surface area contributed by atoms with Crippen LogP contribution in [0.1, 0.15) is 22.5 Å². The highest BCUT2D eigenvalue weighted by Gasteiger charge is 2.14. The second-order valence-corrected chi connectivity index (χ2v) is 7.94. The predicted octanol–water partition coefficient (Wildman–Crippen LogP) is 5.93. The van der Waals surface area contributed by atoms with Gasteiger partial charge in [-0.05, 0) is 42.8 Å². The van der Waals surface area contributed by atoms with E-state index in [9.17, 15) is 4.79 Å². The highest BCUT2D eigenvalue weighted by molar-refractivity contribution is 7.09. The molecule has 158 valence electrons. The first-order valence-corrected chi connectivity index (χ1v) is 10.9. The van der Waals surface area contributed by atoms with Gasteiger partial charge < -0.3 is 14.3 Å². The van der Waals surface area contributed by atoms with Crippen molar-refractivity contribution >= 4 is 22.9 Å². The van der Waals surface area contributed by atoms with Gasteiger partial charge in [0.25, 0.3) is 11.8 Å². The van der Waals surface area contributed by atoms with Crippen molar-refractivity contribution in [1.29, 1.82) is 0 Å². The van der Waals surface area contributed by atoms with Crippen molar-refractivity contribution in [3.8, 4) is 34.1 Å². The number of benzene rings is 2. The van der Waals surface area contributed by atoms with Gasteiger partial charge in [-0.15, -0.1) is 11.3 Å². The van der Waals surface area contributed by atoms with Crippen molar-refractivity contribution in [2.24, 2.45) is 0 Å². The Morgan fingerprint density at radius 1 is 1.00 bits per heavy atom. The summed E-state index contributed by atoms with van der Waals surface area (Å²) in [5.74, 6) is 0.754. The fraction of sp³-hybridized carbons (Fsp3) is 0.0833. The molecule has 2 aromatic carbocycles. The van der Waals surface area contributed by atoms with Crippen LogP contribution in [0.15, 0.2) is 81.2 Å². The van der Waals surface area contributed by atoms with E-state index in [0.717, 1.165) is 28.2 Å². The van der Waals surface area contributed by atoms with Gasteiger partial charge in [0.15, 0.2) is 5.76 Å². The van der Waals surface area contributed by atoms with Crippen molar-refractivity contribution < 1.29 is 13.7 Å². The van der Waals surface area contributed by atoms with Gasteiger partial charge in [0.2, 0.25) is 5.82 Å². The molecule has 0 aliphatic heterocycles. The van der Waals surface area contributed by atoms with Crippen molar-refractivity contribution in [1.82, 2.24) is 15.1 Å². The summed E-state index contributed by atoms with van der Waals surface area (Å²) in [5, 5.41) is 10.1. The first-order valence-electron chi connectivity index (χ1n) is 10.0. The van der Waals surface area contributed by atoms with Crippen LogP contribution in [0.25, 0.3) is 34.1 Å². The number of aryl methyl sites for hydroxylation is 1. The third kappa shape index (κ3) is 4.08. The van der Waals surface area contributed by atoms with Gasteiger partial charge in [-0.1, -0.05) is 36.3 Å². The molecule has 0 unspecified atom stereocenters. The lowest BCUT2D eigenvalue weighted by Gasteiger charge is -2.04. The molecule has 0 atom stereocenters. The Labute approximate surface area is 187 Å². The highest BCUT2D eigenvalue weighted by atomic mass is 32.1. The maximum atomic E-state index is 12.2. The van der Waals surface area contributed by atoms with Gasteiger partial charge >= 0.3 is 0 Å².